The summed E-state index contributed by atoms with van der Waals surface area (Å²) in [5, 5.41) is 0. The van der Waals surface area contributed by atoms with Crippen LogP contribution in [0.1, 0.15) is 52.7 Å². The van der Waals surface area contributed by atoms with E-state index in [2.05, 4.69) is 35.6 Å². The lowest BCUT2D eigenvalue weighted by Crippen LogP contribution is -2.35. The predicted molar refractivity (Wildman–Crippen MR) is 73.4 cm³/mol. The van der Waals surface area contributed by atoms with Crippen molar-refractivity contribution in [2.24, 2.45) is 0 Å². The van der Waals surface area contributed by atoms with E-state index in [-0.39, 0.29) is 5.82 Å². The van der Waals surface area contributed by atoms with Crippen molar-refractivity contribution in [3.63, 3.8) is 0 Å². The van der Waals surface area contributed by atoms with Gasteiger partial charge >= 0.3 is 0 Å². The molecule has 0 saturated heterocycles. The summed E-state index contributed by atoms with van der Waals surface area (Å²) < 4.78 is 13.4. The van der Waals surface area contributed by atoms with Crippen molar-refractivity contribution in [1.29, 1.82) is 0 Å². The van der Waals surface area contributed by atoms with E-state index < -0.39 is 0 Å². The minimum atomic E-state index is -0.305. The van der Waals surface area contributed by atoms with Crippen LogP contribution in [0.4, 0.5) is 10.3 Å². The molecule has 3 nitrogen and oxygen atoms in total. The zero-order chi connectivity index (χ0) is 13.5. The number of hydrogen-bond acceptors (Lipinski definition) is 3. The van der Waals surface area contributed by atoms with Crippen molar-refractivity contribution < 1.29 is 4.39 Å². The topological polar surface area (TPSA) is 29.0 Å². The van der Waals surface area contributed by atoms with Gasteiger partial charge in [-0.15, -0.1) is 0 Å². The molecule has 0 radical (unpaired) electrons. The molecule has 18 heavy (non-hydrogen) atoms. The molecular formula is C14H24FN3. The molecule has 0 aromatic carbocycles. The lowest BCUT2D eigenvalue weighted by Gasteiger charge is -2.28. The van der Waals surface area contributed by atoms with Crippen LogP contribution in [0.2, 0.25) is 0 Å². The van der Waals surface area contributed by atoms with Crippen LogP contribution in [-0.4, -0.2) is 22.6 Å². The van der Waals surface area contributed by atoms with Crippen LogP contribution in [0, 0.1) is 5.82 Å². The minimum Gasteiger partial charge on any atom is -0.338 e. The van der Waals surface area contributed by atoms with Gasteiger partial charge < -0.3 is 4.90 Å². The molecule has 4 heteroatoms. The van der Waals surface area contributed by atoms with Crippen molar-refractivity contribution in [2.75, 3.05) is 11.4 Å². The summed E-state index contributed by atoms with van der Waals surface area (Å²) in [6.07, 6.45) is 5.17. The molecule has 1 heterocycles. The number of hydrogen-bond donors (Lipinski definition) is 0. The van der Waals surface area contributed by atoms with Gasteiger partial charge in [-0.05, 0) is 26.2 Å². The minimum absolute atomic E-state index is 0.305. The number of aryl methyl sites for hydroxylation is 1. The zero-order valence-electron chi connectivity index (χ0n) is 11.9. The van der Waals surface area contributed by atoms with Crippen LogP contribution in [0.5, 0.6) is 0 Å². The number of unbranched alkanes of at least 4 members (excludes halogenated alkanes) is 1. The highest BCUT2D eigenvalue weighted by molar-refractivity contribution is 5.32. The van der Waals surface area contributed by atoms with Crippen molar-refractivity contribution in [1.82, 2.24) is 9.97 Å². The third-order valence-electron chi connectivity index (χ3n) is 3.27. The summed E-state index contributed by atoms with van der Waals surface area (Å²) in [4.78, 5) is 10.7. The van der Waals surface area contributed by atoms with E-state index in [4.69, 9.17) is 0 Å². The largest absolute Gasteiger partial charge is 0.338 e. The molecule has 1 unspecified atom stereocenters. The molecule has 0 fully saturated rings. The number of aromatic nitrogens is 2. The SMILES string of the molecule is CCCCN(c1ncc(F)c(CC)n1)C(C)CC. The second kappa shape index (κ2) is 7.29. The fourth-order valence-corrected chi connectivity index (χ4v) is 1.84. The Morgan fingerprint density at radius 2 is 2.06 bits per heavy atom. The van der Waals surface area contributed by atoms with E-state index in [0.29, 0.717) is 24.1 Å². The maximum atomic E-state index is 13.4. The molecule has 0 aliphatic heterocycles. The van der Waals surface area contributed by atoms with Crippen molar-refractivity contribution in [2.45, 2.75) is 59.4 Å². The van der Waals surface area contributed by atoms with Crippen molar-refractivity contribution in [3.05, 3.63) is 17.7 Å². The molecule has 0 bridgehead atoms. The first-order chi connectivity index (χ1) is 8.63. The highest BCUT2D eigenvalue weighted by atomic mass is 19.1. The first-order valence-electron chi connectivity index (χ1n) is 6.92. The smallest absolute Gasteiger partial charge is 0.225 e. The highest BCUT2D eigenvalue weighted by Gasteiger charge is 2.16. The first-order valence-corrected chi connectivity index (χ1v) is 6.92. The van der Waals surface area contributed by atoms with Gasteiger partial charge in [0.05, 0.1) is 11.9 Å². The molecule has 1 rings (SSSR count). The standard InChI is InChI=1S/C14H24FN3/c1-5-8-9-18(11(4)6-2)14-16-10-12(15)13(7-3)17-14/h10-11H,5-9H2,1-4H3. The predicted octanol–water partition coefficient (Wildman–Crippen LogP) is 3.58. The Balaban J connectivity index is 2.96. The Kier molecular flexibility index (Phi) is 6.02. The van der Waals surface area contributed by atoms with Gasteiger partial charge in [-0.2, -0.15) is 0 Å². The lowest BCUT2D eigenvalue weighted by molar-refractivity contribution is 0.563. The number of rotatable bonds is 7. The Labute approximate surface area is 109 Å². The van der Waals surface area contributed by atoms with Crippen LogP contribution < -0.4 is 4.90 Å². The fourth-order valence-electron chi connectivity index (χ4n) is 1.84. The summed E-state index contributed by atoms with van der Waals surface area (Å²) in [7, 11) is 0. The lowest BCUT2D eigenvalue weighted by atomic mass is 10.2. The van der Waals surface area contributed by atoms with Gasteiger partial charge in [-0.1, -0.05) is 27.2 Å². The van der Waals surface area contributed by atoms with Gasteiger partial charge in [0.1, 0.15) is 0 Å². The van der Waals surface area contributed by atoms with Gasteiger partial charge in [-0.3, -0.25) is 0 Å². The second-order valence-electron chi connectivity index (χ2n) is 4.62. The van der Waals surface area contributed by atoms with E-state index in [1.54, 1.807) is 0 Å². The van der Waals surface area contributed by atoms with E-state index >= 15 is 0 Å². The fraction of sp³-hybridized carbons (Fsp3) is 0.714. The van der Waals surface area contributed by atoms with Crippen LogP contribution in [0.25, 0.3) is 0 Å². The summed E-state index contributed by atoms with van der Waals surface area (Å²) >= 11 is 0. The zero-order valence-corrected chi connectivity index (χ0v) is 11.9. The van der Waals surface area contributed by atoms with Crippen molar-refractivity contribution >= 4 is 5.95 Å². The maximum absolute atomic E-state index is 13.4. The number of anilines is 1. The van der Waals surface area contributed by atoms with Gasteiger partial charge in [-0.25, -0.2) is 14.4 Å². The van der Waals surface area contributed by atoms with E-state index in [1.165, 1.54) is 6.20 Å². The van der Waals surface area contributed by atoms with Gasteiger partial charge in [0.25, 0.3) is 0 Å². The number of halogens is 1. The third kappa shape index (κ3) is 3.65. The van der Waals surface area contributed by atoms with Gasteiger partial charge in [0, 0.05) is 12.6 Å². The molecule has 0 aliphatic carbocycles. The summed E-state index contributed by atoms with van der Waals surface area (Å²) in [6.45, 7) is 9.31. The summed E-state index contributed by atoms with van der Waals surface area (Å²) in [6, 6.07) is 0.381. The van der Waals surface area contributed by atoms with E-state index in [1.807, 2.05) is 6.92 Å². The monoisotopic (exact) mass is 253 g/mol. The summed E-state index contributed by atoms with van der Waals surface area (Å²) in [5.74, 6) is 0.358. The molecule has 0 spiro atoms. The summed E-state index contributed by atoms with van der Waals surface area (Å²) in [5.41, 5.74) is 0.504. The molecule has 0 saturated carbocycles. The van der Waals surface area contributed by atoms with E-state index in [0.717, 1.165) is 25.8 Å². The molecule has 0 N–H and O–H groups in total. The van der Waals surface area contributed by atoms with Crippen LogP contribution in [0.3, 0.4) is 0 Å². The quantitative estimate of drug-likeness (QED) is 0.743. The molecule has 102 valence electrons. The van der Waals surface area contributed by atoms with Gasteiger partial charge in [0.15, 0.2) is 5.82 Å². The van der Waals surface area contributed by atoms with Crippen LogP contribution in [0.15, 0.2) is 6.20 Å². The van der Waals surface area contributed by atoms with Crippen LogP contribution in [-0.2, 0) is 6.42 Å². The molecule has 1 aromatic rings. The Bertz CT molecular complexity index is 368. The third-order valence-corrected chi connectivity index (χ3v) is 3.27. The average molecular weight is 253 g/mol. The second-order valence-corrected chi connectivity index (χ2v) is 4.62. The normalized spacial score (nSPS) is 12.5. The van der Waals surface area contributed by atoms with Gasteiger partial charge in [0.2, 0.25) is 5.95 Å². The Morgan fingerprint density at radius 1 is 1.33 bits per heavy atom. The molecule has 0 amide bonds. The Hall–Kier alpha value is -1.19. The average Bonchev–Trinajstić information content (AvgIpc) is 2.40. The van der Waals surface area contributed by atoms with E-state index in [9.17, 15) is 4.39 Å². The highest BCUT2D eigenvalue weighted by Crippen LogP contribution is 2.16. The Morgan fingerprint density at radius 3 is 2.61 bits per heavy atom. The van der Waals surface area contributed by atoms with Crippen LogP contribution >= 0.6 is 0 Å². The molecule has 1 atom stereocenters. The maximum Gasteiger partial charge on any atom is 0.225 e. The number of nitrogens with zero attached hydrogens (tertiary/aromatic N) is 3. The first kappa shape index (κ1) is 14.9. The molecule has 1 aromatic heterocycles. The molecular weight excluding hydrogens is 229 g/mol. The van der Waals surface area contributed by atoms with Crippen molar-refractivity contribution in [3.8, 4) is 0 Å². The molecule has 0 aliphatic rings.